The van der Waals surface area contributed by atoms with Gasteiger partial charge in [0.25, 0.3) is 5.91 Å². The van der Waals surface area contributed by atoms with Crippen LogP contribution in [0.4, 0.5) is 11.4 Å². The molecule has 2 aromatic carbocycles. The number of aryl methyl sites for hydroxylation is 3. The van der Waals surface area contributed by atoms with Gasteiger partial charge >= 0.3 is 0 Å². The highest BCUT2D eigenvalue weighted by Gasteiger charge is 2.15. The normalized spacial score (nSPS) is 10.6. The lowest BCUT2D eigenvalue weighted by Crippen LogP contribution is -2.19. The van der Waals surface area contributed by atoms with E-state index in [0.29, 0.717) is 16.4 Å². The number of carbonyl (C=O) groups is 1. The molecule has 0 saturated carbocycles. The van der Waals surface area contributed by atoms with E-state index in [-0.39, 0.29) is 5.91 Å². The first-order valence-corrected chi connectivity index (χ1v) is 9.10. The highest BCUT2D eigenvalue weighted by atomic mass is 35.5. The fourth-order valence-electron chi connectivity index (χ4n) is 3.41. The van der Waals surface area contributed by atoms with Crippen LogP contribution in [0.1, 0.15) is 27.0 Å². The Hall–Kier alpha value is -2.85. The van der Waals surface area contributed by atoms with Crippen LogP contribution in [0.15, 0.2) is 48.7 Å². The summed E-state index contributed by atoms with van der Waals surface area (Å²) >= 11 is 6.07. The standard InChI is InChI=1S/C22H22ClN3O/c1-13-9-14(2)21(15(3)10-13)16-7-5-6-8-18(16)26-19-11-20(23)25-12-17(19)22(27)24-4/h5-12H,1-4H3,(H,24,27)(H,25,26). The number of anilines is 2. The lowest BCUT2D eigenvalue weighted by atomic mass is 9.92. The summed E-state index contributed by atoms with van der Waals surface area (Å²) < 4.78 is 0. The molecule has 3 aromatic rings. The second kappa shape index (κ2) is 7.80. The number of pyridine rings is 1. The molecule has 0 radical (unpaired) electrons. The molecular weight excluding hydrogens is 358 g/mol. The first-order chi connectivity index (χ1) is 12.9. The van der Waals surface area contributed by atoms with Gasteiger partial charge in [-0.25, -0.2) is 4.98 Å². The maximum atomic E-state index is 12.2. The molecule has 0 aliphatic heterocycles. The van der Waals surface area contributed by atoms with Gasteiger partial charge in [0, 0.05) is 24.5 Å². The molecule has 27 heavy (non-hydrogen) atoms. The van der Waals surface area contributed by atoms with Crippen molar-refractivity contribution in [2.75, 3.05) is 12.4 Å². The number of nitrogens with one attached hydrogen (secondary N) is 2. The molecule has 0 spiro atoms. The molecule has 5 heteroatoms. The van der Waals surface area contributed by atoms with Gasteiger partial charge in [-0.1, -0.05) is 47.5 Å². The van der Waals surface area contributed by atoms with Crippen molar-refractivity contribution in [2.24, 2.45) is 0 Å². The molecule has 0 fully saturated rings. The highest BCUT2D eigenvalue weighted by molar-refractivity contribution is 6.29. The van der Waals surface area contributed by atoms with E-state index in [1.54, 1.807) is 13.1 Å². The zero-order valence-corrected chi connectivity index (χ0v) is 16.6. The van der Waals surface area contributed by atoms with Crippen LogP contribution in [-0.4, -0.2) is 17.9 Å². The Kier molecular flexibility index (Phi) is 5.47. The molecule has 0 aliphatic carbocycles. The maximum Gasteiger partial charge on any atom is 0.254 e. The van der Waals surface area contributed by atoms with Gasteiger partial charge in [0.1, 0.15) is 5.15 Å². The zero-order valence-electron chi connectivity index (χ0n) is 15.9. The second-order valence-electron chi connectivity index (χ2n) is 6.58. The number of halogens is 1. The van der Waals surface area contributed by atoms with Crippen molar-refractivity contribution in [3.8, 4) is 11.1 Å². The van der Waals surface area contributed by atoms with Crippen molar-refractivity contribution >= 4 is 28.9 Å². The third-order valence-corrected chi connectivity index (χ3v) is 4.69. The van der Waals surface area contributed by atoms with Crippen LogP contribution in [0.3, 0.4) is 0 Å². The number of amides is 1. The minimum absolute atomic E-state index is 0.221. The van der Waals surface area contributed by atoms with Gasteiger partial charge in [-0.2, -0.15) is 0 Å². The van der Waals surface area contributed by atoms with Crippen LogP contribution in [0.5, 0.6) is 0 Å². The Labute approximate surface area is 164 Å². The molecule has 138 valence electrons. The Morgan fingerprint density at radius 1 is 1.00 bits per heavy atom. The number of para-hydroxylation sites is 1. The fourth-order valence-corrected chi connectivity index (χ4v) is 3.57. The van der Waals surface area contributed by atoms with Gasteiger partial charge in [-0.15, -0.1) is 0 Å². The van der Waals surface area contributed by atoms with E-state index < -0.39 is 0 Å². The van der Waals surface area contributed by atoms with Gasteiger partial charge in [0.15, 0.2) is 0 Å². The molecule has 0 saturated heterocycles. The van der Waals surface area contributed by atoms with Crippen LogP contribution in [-0.2, 0) is 0 Å². The molecule has 0 bridgehead atoms. The number of hydrogen-bond donors (Lipinski definition) is 2. The van der Waals surface area contributed by atoms with E-state index in [1.165, 1.54) is 28.5 Å². The smallest absolute Gasteiger partial charge is 0.254 e. The summed E-state index contributed by atoms with van der Waals surface area (Å²) in [5, 5.41) is 6.34. The van der Waals surface area contributed by atoms with E-state index in [2.05, 4.69) is 54.6 Å². The molecule has 0 atom stereocenters. The lowest BCUT2D eigenvalue weighted by molar-refractivity contribution is 0.0963. The maximum absolute atomic E-state index is 12.2. The van der Waals surface area contributed by atoms with Crippen molar-refractivity contribution in [1.82, 2.24) is 10.3 Å². The molecule has 1 amide bonds. The third-order valence-electron chi connectivity index (χ3n) is 4.49. The highest BCUT2D eigenvalue weighted by Crippen LogP contribution is 2.36. The quantitative estimate of drug-likeness (QED) is 0.594. The van der Waals surface area contributed by atoms with Gasteiger partial charge in [0.2, 0.25) is 0 Å². The van der Waals surface area contributed by atoms with Crippen molar-refractivity contribution < 1.29 is 4.79 Å². The van der Waals surface area contributed by atoms with Gasteiger partial charge < -0.3 is 10.6 Å². The number of nitrogens with zero attached hydrogens (tertiary/aromatic N) is 1. The third kappa shape index (κ3) is 3.96. The molecule has 2 N–H and O–H groups in total. The minimum Gasteiger partial charge on any atom is -0.355 e. The van der Waals surface area contributed by atoms with Crippen molar-refractivity contribution in [1.29, 1.82) is 0 Å². The Morgan fingerprint density at radius 3 is 2.33 bits per heavy atom. The molecule has 0 aliphatic rings. The average molecular weight is 380 g/mol. The molecule has 1 aromatic heterocycles. The van der Waals surface area contributed by atoms with Crippen LogP contribution >= 0.6 is 11.6 Å². The molecular formula is C22H22ClN3O. The summed E-state index contributed by atoms with van der Waals surface area (Å²) in [5.74, 6) is -0.221. The number of aromatic nitrogens is 1. The summed E-state index contributed by atoms with van der Waals surface area (Å²) in [4.78, 5) is 16.2. The van der Waals surface area contributed by atoms with Crippen LogP contribution in [0.2, 0.25) is 5.15 Å². The van der Waals surface area contributed by atoms with Crippen LogP contribution < -0.4 is 10.6 Å². The molecule has 1 heterocycles. The predicted octanol–water partition coefficient (Wildman–Crippen LogP) is 5.43. The Bertz CT molecular complexity index is 991. The number of rotatable bonds is 4. The largest absolute Gasteiger partial charge is 0.355 e. The number of benzene rings is 2. The minimum atomic E-state index is -0.221. The van der Waals surface area contributed by atoms with Gasteiger partial charge in [-0.05, 0) is 49.6 Å². The molecule has 3 rings (SSSR count). The van der Waals surface area contributed by atoms with Crippen LogP contribution in [0.25, 0.3) is 11.1 Å². The molecule has 4 nitrogen and oxygen atoms in total. The Morgan fingerprint density at radius 2 is 1.67 bits per heavy atom. The van der Waals surface area contributed by atoms with Crippen molar-refractivity contribution in [3.63, 3.8) is 0 Å². The summed E-state index contributed by atoms with van der Waals surface area (Å²) in [6.07, 6.45) is 1.48. The van der Waals surface area contributed by atoms with E-state index in [9.17, 15) is 4.79 Å². The summed E-state index contributed by atoms with van der Waals surface area (Å²) in [6.45, 7) is 6.33. The van der Waals surface area contributed by atoms with E-state index >= 15 is 0 Å². The van der Waals surface area contributed by atoms with E-state index in [0.717, 1.165) is 11.3 Å². The van der Waals surface area contributed by atoms with Crippen LogP contribution in [0, 0.1) is 20.8 Å². The monoisotopic (exact) mass is 379 g/mol. The predicted molar refractivity (Wildman–Crippen MR) is 112 cm³/mol. The zero-order chi connectivity index (χ0) is 19.6. The average Bonchev–Trinajstić information content (AvgIpc) is 2.62. The summed E-state index contributed by atoms with van der Waals surface area (Å²) in [5.41, 5.74) is 7.87. The second-order valence-corrected chi connectivity index (χ2v) is 6.96. The van der Waals surface area contributed by atoms with Crippen molar-refractivity contribution in [3.05, 3.63) is 76.1 Å². The first-order valence-electron chi connectivity index (χ1n) is 8.72. The fraction of sp³-hybridized carbons (Fsp3) is 0.182. The lowest BCUT2D eigenvalue weighted by Gasteiger charge is -2.18. The van der Waals surface area contributed by atoms with Gasteiger partial charge in [0.05, 0.1) is 11.3 Å². The van der Waals surface area contributed by atoms with E-state index in [4.69, 9.17) is 11.6 Å². The van der Waals surface area contributed by atoms with E-state index in [1.807, 2.05) is 18.2 Å². The summed E-state index contributed by atoms with van der Waals surface area (Å²) in [6, 6.07) is 14.1. The van der Waals surface area contributed by atoms with Crippen molar-refractivity contribution in [2.45, 2.75) is 20.8 Å². The van der Waals surface area contributed by atoms with Gasteiger partial charge in [-0.3, -0.25) is 4.79 Å². The summed E-state index contributed by atoms with van der Waals surface area (Å²) in [7, 11) is 1.59. The number of carbonyl (C=O) groups excluding carboxylic acids is 1. The molecule has 0 unspecified atom stereocenters. The first kappa shape index (κ1) is 18.9. The topological polar surface area (TPSA) is 54.0 Å². The number of hydrogen-bond acceptors (Lipinski definition) is 3. The Balaban J connectivity index is 2.12. The SMILES string of the molecule is CNC(=O)c1cnc(Cl)cc1Nc1ccccc1-c1c(C)cc(C)cc1C.